The number of aryl methyl sites for hydroxylation is 1. The van der Waals surface area contributed by atoms with Crippen LogP contribution in [0.3, 0.4) is 0 Å². The maximum Gasteiger partial charge on any atom is 0.218 e. The number of hydrogen-bond donors (Lipinski definition) is 0. The zero-order valence-electron chi connectivity index (χ0n) is 21.4. The minimum Gasteiger partial charge on any atom is -0.354 e. The van der Waals surface area contributed by atoms with Crippen molar-refractivity contribution in [3.63, 3.8) is 0 Å². The molecule has 0 saturated carbocycles. The van der Waals surface area contributed by atoms with E-state index >= 15 is 0 Å². The van der Waals surface area contributed by atoms with E-state index in [4.69, 9.17) is 5.10 Å². The summed E-state index contributed by atoms with van der Waals surface area (Å²) in [7, 11) is -3.57. The van der Waals surface area contributed by atoms with E-state index in [2.05, 4.69) is 16.7 Å². The largest absolute Gasteiger partial charge is 0.354 e. The van der Waals surface area contributed by atoms with Crippen LogP contribution >= 0.6 is 0 Å². The molecule has 4 rings (SSSR count). The molecular weight excluding hydrogens is 477 g/mol. The molecule has 36 heavy (non-hydrogen) atoms. The molecule has 1 aromatic heterocycles. The molecule has 0 aliphatic carbocycles. The summed E-state index contributed by atoms with van der Waals surface area (Å²) in [6.07, 6.45) is 0.704. The lowest BCUT2D eigenvalue weighted by molar-refractivity contribution is 0.269. The van der Waals surface area contributed by atoms with Crippen molar-refractivity contribution in [1.82, 2.24) is 19.0 Å². The average Bonchev–Trinajstić information content (AvgIpc) is 3.20. The highest BCUT2D eigenvalue weighted by Crippen LogP contribution is 2.31. The third kappa shape index (κ3) is 5.96. The van der Waals surface area contributed by atoms with Crippen LogP contribution in [-0.2, 0) is 22.3 Å². The molecule has 2 heterocycles. The Bertz CT molecular complexity index is 1250. The van der Waals surface area contributed by atoms with E-state index in [9.17, 15) is 12.8 Å². The maximum atomic E-state index is 14.2. The summed E-state index contributed by atoms with van der Waals surface area (Å²) in [4.78, 5) is 4.65. The third-order valence-corrected chi connectivity index (χ3v) is 8.52. The van der Waals surface area contributed by atoms with Gasteiger partial charge in [-0.25, -0.2) is 17.5 Å². The summed E-state index contributed by atoms with van der Waals surface area (Å²) in [5.41, 5.74) is 3.02. The Morgan fingerprint density at radius 2 is 1.72 bits per heavy atom. The highest BCUT2D eigenvalue weighted by atomic mass is 32.2. The fourth-order valence-corrected chi connectivity index (χ4v) is 6.32. The van der Waals surface area contributed by atoms with Gasteiger partial charge >= 0.3 is 0 Å². The lowest BCUT2D eigenvalue weighted by Crippen LogP contribution is -2.47. The van der Waals surface area contributed by atoms with Gasteiger partial charge in [0.05, 0.1) is 17.1 Å². The molecule has 0 spiro atoms. The Morgan fingerprint density at radius 3 is 2.36 bits per heavy atom. The molecule has 1 fully saturated rings. The van der Waals surface area contributed by atoms with Crippen LogP contribution in [0, 0.1) is 12.7 Å². The van der Waals surface area contributed by atoms with Crippen LogP contribution in [0.5, 0.6) is 0 Å². The molecule has 2 aromatic carbocycles. The number of halogens is 1. The number of aromatic nitrogens is 2. The molecule has 9 heteroatoms. The highest BCUT2D eigenvalue weighted by Gasteiger charge is 2.30. The zero-order valence-corrected chi connectivity index (χ0v) is 22.2. The molecule has 0 N–H and O–H groups in total. The Labute approximate surface area is 214 Å². The second kappa shape index (κ2) is 11.5. The van der Waals surface area contributed by atoms with Gasteiger partial charge in [-0.2, -0.15) is 9.40 Å². The summed E-state index contributed by atoms with van der Waals surface area (Å²) in [5, 5.41) is 4.79. The number of benzene rings is 2. The van der Waals surface area contributed by atoms with Crippen molar-refractivity contribution >= 4 is 15.8 Å². The van der Waals surface area contributed by atoms with Gasteiger partial charge in [-0.3, -0.25) is 0 Å². The first-order chi connectivity index (χ1) is 17.3. The Balaban J connectivity index is 1.73. The first-order valence-electron chi connectivity index (χ1n) is 12.7. The molecule has 0 atom stereocenters. The van der Waals surface area contributed by atoms with Crippen LogP contribution in [0.25, 0.3) is 5.69 Å². The van der Waals surface area contributed by atoms with E-state index in [1.165, 1.54) is 12.1 Å². The van der Waals surface area contributed by atoms with E-state index in [1.807, 2.05) is 50.2 Å². The number of nitrogens with zero attached hydrogens (tertiary/aromatic N) is 5. The van der Waals surface area contributed by atoms with Crippen LogP contribution in [0.2, 0.25) is 0 Å². The van der Waals surface area contributed by atoms with Crippen LogP contribution in [-0.4, -0.2) is 66.7 Å². The fourth-order valence-electron chi connectivity index (χ4n) is 4.74. The molecule has 1 saturated heterocycles. The number of hydrogen-bond acceptors (Lipinski definition) is 5. The van der Waals surface area contributed by atoms with E-state index in [-0.39, 0.29) is 18.1 Å². The first-order valence-corrected chi connectivity index (χ1v) is 14.3. The topological polar surface area (TPSA) is 61.7 Å². The Hall–Kier alpha value is -2.75. The number of anilines is 1. The van der Waals surface area contributed by atoms with Crippen molar-refractivity contribution in [2.75, 3.05) is 44.2 Å². The van der Waals surface area contributed by atoms with Crippen LogP contribution in [0.4, 0.5) is 10.2 Å². The number of sulfonamides is 1. The molecule has 3 aromatic rings. The summed E-state index contributed by atoms with van der Waals surface area (Å²) in [6.45, 7) is 11.1. The van der Waals surface area contributed by atoms with E-state index in [0.29, 0.717) is 18.7 Å². The molecule has 194 valence electrons. The van der Waals surface area contributed by atoms with Crippen LogP contribution in [0.15, 0.2) is 54.6 Å². The lowest BCUT2D eigenvalue weighted by atomic mass is 10.2. The average molecular weight is 514 g/mol. The predicted molar refractivity (Wildman–Crippen MR) is 142 cm³/mol. The highest BCUT2D eigenvalue weighted by molar-refractivity contribution is 7.88. The van der Waals surface area contributed by atoms with Gasteiger partial charge in [0.2, 0.25) is 10.0 Å². The number of rotatable bonds is 10. The second-order valence-electron chi connectivity index (χ2n) is 9.28. The summed E-state index contributed by atoms with van der Waals surface area (Å²) < 4.78 is 44.6. The van der Waals surface area contributed by atoms with Crippen molar-refractivity contribution in [2.45, 2.75) is 39.5 Å². The molecule has 0 radical (unpaired) electrons. The Morgan fingerprint density at radius 1 is 1.00 bits per heavy atom. The summed E-state index contributed by atoms with van der Waals surface area (Å²) >= 11 is 0. The summed E-state index contributed by atoms with van der Waals surface area (Å²) in [5.74, 6) is 0.474. The van der Waals surface area contributed by atoms with Crippen molar-refractivity contribution in [3.8, 4) is 5.69 Å². The van der Waals surface area contributed by atoms with Crippen molar-refractivity contribution in [1.29, 1.82) is 0 Å². The standard InChI is InChI=1S/C27H36FN5O2S/c1-4-14-32(36(34,35)21-23-10-7-6-8-11-23)20-26-22(3)29-33(25-13-9-12-24(28)19-25)27(26)31-17-15-30(5-2)16-18-31/h6-13,19H,4-5,14-18,20-21H2,1-3H3. The van der Waals surface area contributed by atoms with Gasteiger partial charge in [0.25, 0.3) is 0 Å². The lowest BCUT2D eigenvalue weighted by Gasteiger charge is -2.36. The smallest absolute Gasteiger partial charge is 0.218 e. The molecule has 0 bridgehead atoms. The van der Waals surface area contributed by atoms with Crippen molar-refractivity contribution in [2.24, 2.45) is 0 Å². The maximum absolute atomic E-state index is 14.2. The Kier molecular flexibility index (Phi) is 8.43. The van der Waals surface area contributed by atoms with Gasteiger partial charge in [-0.1, -0.05) is 50.2 Å². The van der Waals surface area contributed by atoms with E-state index in [1.54, 1.807) is 15.1 Å². The normalized spacial score (nSPS) is 15.1. The van der Waals surface area contributed by atoms with Gasteiger partial charge in [-0.05, 0) is 43.7 Å². The predicted octanol–water partition coefficient (Wildman–Crippen LogP) is 4.20. The van der Waals surface area contributed by atoms with Crippen molar-refractivity contribution in [3.05, 3.63) is 77.2 Å². The first kappa shape index (κ1) is 26.3. The molecule has 0 amide bonds. The minimum atomic E-state index is -3.57. The second-order valence-corrected chi connectivity index (χ2v) is 11.2. The third-order valence-electron chi connectivity index (χ3n) is 6.72. The SMILES string of the molecule is CCCN(Cc1c(C)nn(-c2cccc(F)c2)c1N1CCN(CC)CC1)S(=O)(=O)Cc1ccccc1. The molecule has 0 unspecified atom stereocenters. The van der Waals surface area contributed by atoms with Crippen LogP contribution < -0.4 is 4.90 Å². The molecule has 7 nitrogen and oxygen atoms in total. The van der Waals surface area contributed by atoms with Gasteiger partial charge in [0.15, 0.2) is 0 Å². The monoisotopic (exact) mass is 513 g/mol. The van der Waals surface area contributed by atoms with Gasteiger partial charge in [0.1, 0.15) is 11.6 Å². The summed E-state index contributed by atoms with van der Waals surface area (Å²) in [6, 6.07) is 15.7. The molecule has 1 aliphatic heterocycles. The van der Waals surface area contributed by atoms with Crippen LogP contribution in [0.1, 0.15) is 37.1 Å². The number of piperazine rings is 1. The van der Waals surface area contributed by atoms with E-state index < -0.39 is 10.0 Å². The minimum absolute atomic E-state index is 0.0462. The fraction of sp³-hybridized carbons (Fsp3) is 0.444. The van der Waals surface area contributed by atoms with Crippen molar-refractivity contribution < 1.29 is 12.8 Å². The quantitative estimate of drug-likeness (QED) is 0.407. The van der Waals surface area contributed by atoms with Gasteiger partial charge in [0, 0.05) is 44.8 Å². The zero-order chi connectivity index (χ0) is 25.7. The van der Waals surface area contributed by atoms with E-state index in [0.717, 1.165) is 55.4 Å². The number of likely N-dealkylation sites (N-methyl/N-ethyl adjacent to an activating group) is 1. The van der Waals surface area contributed by atoms with Gasteiger partial charge < -0.3 is 9.80 Å². The molecular formula is C27H36FN5O2S. The van der Waals surface area contributed by atoms with Gasteiger partial charge in [-0.15, -0.1) is 0 Å². The molecule has 1 aliphatic rings.